The van der Waals surface area contributed by atoms with Gasteiger partial charge in [-0.05, 0) is 66.1 Å². The summed E-state index contributed by atoms with van der Waals surface area (Å²) in [5, 5.41) is 8.21. The first kappa shape index (κ1) is 26.3. The molecule has 208 valence electrons. The average molecular weight is 548 g/mol. The van der Waals surface area contributed by atoms with E-state index in [0.717, 1.165) is 57.5 Å². The lowest BCUT2D eigenvalue weighted by Crippen LogP contribution is -2.41. The Balaban J connectivity index is 1.48. The molecule has 0 unspecified atom stereocenters. The van der Waals surface area contributed by atoms with E-state index in [2.05, 4.69) is 41.2 Å². The molecule has 8 heteroatoms. The van der Waals surface area contributed by atoms with Gasteiger partial charge in [0.1, 0.15) is 17.3 Å². The summed E-state index contributed by atoms with van der Waals surface area (Å²) in [6.45, 7) is 2.86. The van der Waals surface area contributed by atoms with Gasteiger partial charge < -0.3 is 24.3 Å². The highest BCUT2D eigenvalue weighted by Crippen LogP contribution is 2.39. The first-order chi connectivity index (χ1) is 20.1. The van der Waals surface area contributed by atoms with Gasteiger partial charge in [-0.25, -0.2) is 9.48 Å². The van der Waals surface area contributed by atoms with Crippen molar-refractivity contribution in [2.45, 2.75) is 32.5 Å². The molecular weight excluding hydrogens is 514 g/mol. The molecular formula is C33H33N5O3. The maximum atomic E-state index is 14.2. The van der Waals surface area contributed by atoms with E-state index in [4.69, 9.17) is 14.6 Å². The third-order valence-corrected chi connectivity index (χ3v) is 7.55. The van der Waals surface area contributed by atoms with Crippen LogP contribution in [0, 0.1) is 0 Å². The van der Waals surface area contributed by atoms with Crippen molar-refractivity contribution in [1.29, 1.82) is 0 Å². The zero-order valence-corrected chi connectivity index (χ0v) is 23.4. The molecule has 0 saturated carbocycles. The van der Waals surface area contributed by atoms with E-state index in [1.165, 1.54) is 0 Å². The van der Waals surface area contributed by atoms with Gasteiger partial charge in [0.25, 0.3) is 0 Å². The second-order valence-electron chi connectivity index (χ2n) is 9.97. The molecule has 0 fully saturated rings. The Morgan fingerprint density at radius 2 is 1.68 bits per heavy atom. The smallest absolute Gasteiger partial charge is 0.318 e. The fourth-order valence-electron chi connectivity index (χ4n) is 5.57. The zero-order valence-electron chi connectivity index (χ0n) is 23.4. The van der Waals surface area contributed by atoms with Crippen molar-refractivity contribution in [3.63, 3.8) is 0 Å². The van der Waals surface area contributed by atoms with Crippen LogP contribution < -0.4 is 14.8 Å². The SMILES string of the molecule is CCc1nn(-c2ccccc2)c2c1CN(C(=O)NCc1cccc(OC)c1)[C@H](c1cccc(OC)c1)c1cccn1-2. The second-order valence-corrected chi connectivity index (χ2v) is 9.97. The number of ether oxygens (including phenoxy) is 2. The molecule has 5 aromatic rings. The van der Waals surface area contributed by atoms with Gasteiger partial charge in [-0.15, -0.1) is 0 Å². The third-order valence-electron chi connectivity index (χ3n) is 7.55. The first-order valence-corrected chi connectivity index (χ1v) is 13.8. The van der Waals surface area contributed by atoms with Crippen LogP contribution in [0.5, 0.6) is 11.5 Å². The molecule has 1 aliphatic heterocycles. The summed E-state index contributed by atoms with van der Waals surface area (Å²) in [6.07, 6.45) is 2.79. The topological polar surface area (TPSA) is 73.6 Å². The molecule has 3 heterocycles. The highest BCUT2D eigenvalue weighted by atomic mass is 16.5. The lowest BCUT2D eigenvalue weighted by Gasteiger charge is -2.31. The molecule has 0 aliphatic carbocycles. The van der Waals surface area contributed by atoms with Crippen LogP contribution in [0.2, 0.25) is 0 Å². The third kappa shape index (κ3) is 4.93. The van der Waals surface area contributed by atoms with E-state index < -0.39 is 0 Å². The van der Waals surface area contributed by atoms with Crippen molar-refractivity contribution in [3.05, 3.63) is 125 Å². The van der Waals surface area contributed by atoms with Crippen LogP contribution >= 0.6 is 0 Å². The molecule has 0 spiro atoms. The molecule has 1 aliphatic rings. The van der Waals surface area contributed by atoms with Crippen LogP contribution in [0.15, 0.2) is 97.2 Å². The quantitative estimate of drug-likeness (QED) is 0.269. The van der Waals surface area contributed by atoms with Crippen LogP contribution in [-0.2, 0) is 19.5 Å². The zero-order chi connectivity index (χ0) is 28.3. The van der Waals surface area contributed by atoms with Gasteiger partial charge in [-0.2, -0.15) is 5.10 Å². The number of aryl methyl sites for hydroxylation is 1. The number of urea groups is 1. The Labute approximate surface area is 239 Å². The van der Waals surface area contributed by atoms with Gasteiger partial charge in [0, 0.05) is 18.3 Å². The van der Waals surface area contributed by atoms with Crippen LogP contribution in [0.3, 0.4) is 0 Å². The fourth-order valence-corrected chi connectivity index (χ4v) is 5.57. The Morgan fingerprint density at radius 3 is 2.44 bits per heavy atom. The predicted molar refractivity (Wildman–Crippen MR) is 158 cm³/mol. The molecule has 1 atom stereocenters. The predicted octanol–water partition coefficient (Wildman–Crippen LogP) is 6.06. The molecule has 0 bridgehead atoms. The molecule has 0 radical (unpaired) electrons. The number of methoxy groups -OCH3 is 2. The summed E-state index contributed by atoms with van der Waals surface area (Å²) in [6, 6.07) is 29.4. The standard InChI is InChI=1S/C33H33N5O3/c1-4-29-28-22-37(33(39)34-21-23-11-8-15-26(19-23)40-2)31(24-12-9-16-27(20-24)41-3)30-17-10-18-36(30)32(28)38(35-29)25-13-6-5-7-14-25/h5-20,31H,4,21-22H2,1-3H3,(H,34,39)/t31-/m1/s1. The molecule has 2 amide bonds. The van der Waals surface area contributed by atoms with Gasteiger partial charge in [-0.3, -0.25) is 0 Å². The Hall–Kier alpha value is -4.98. The van der Waals surface area contributed by atoms with E-state index in [9.17, 15) is 4.79 Å². The Morgan fingerprint density at radius 1 is 0.927 bits per heavy atom. The summed E-state index contributed by atoms with van der Waals surface area (Å²) in [5.74, 6) is 2.44. The highest BCUT2D eigenvalue weighted by Gasteiger charge is 2.36. The van der Waals surface area contributed by atoms with Gasteiger partial charge in [-0.1, -0.05) is 49.4 Å². The number of amides is 2. The van der Waals surface area contributed by atoms with E-state index in [0.29, 0.717) is 13.1 Å². The monoisotopic (exact) mass is 547 g/mol. The number of carbonyl (C=O) groups excluding carboxylic acids is 1. The maximum Gasteiger partial charge on any atom is 0.318 e. The van der Waals surface area contributed by atoms with E-state index >= 15 is 0 Å². The fraction of sp³-hybridized carbons (Fsp3) is 0.212. The molecule has 2 aromatic heterocycles. The number of hydrogen-bond acceptors (Lipinski definition) is 4. The van der Waals surface area contributed by atoms with Crippen molar-refractivity contribution in [1.82, 2.24) is 24.6 Å². The molecule has 6 rings (SSSR count). The number of para-hydroxylation sites is 1. The summed E-state index contributed by atoms with van der Waals surface area (Å²) >= 11 is 0. The lowest BCUT2D eigenvalue weighted by molar-refractivity contribution is 0.180. The minimum Gasteiger partial charge on any atom is -0.497 e. The number of nitrogens with one attached hydrogen (secondary N) is 1. The van der Waals surface area contributed by atoms with Crippen molar-refractivity contribution in [2.24, 2.45) is 0 Å². The molecule has 3 aromatic carbocycles. The largest absolute Gasteiger partial charge is 0.497 e. The van der Waals surface area contributed by atoms with E-state index in [-0.39, 0.29) is 12.1 Å². The number of benzene rings is 3. The van der Waals surface area contributed by atoms with Gasteiger partial charge >= 0.3 is 6.03 Å². The summed E-state index contributed by atoms with van der Waals surface area (Å²) in [7, 11) is 3.30. The number of aromatic nitrogens is 3. The van der Waals surface area contributed by atoms with Gasteiger partial charge in [0.2, 0.25) is 0 Å². The van der Waals surface area contributed by atoms with Gasteiger partial charge in [0.15, 0.2) is 0 Å². The number of hydrogen-bond donors (Lipinski definition) is 1. The first-order valence-electron chi connectivity index (χ1n) is 13.8. The Bertz CT molecular complexity index is 1670. The average Bonchev–Trinajstić information content (AvgIpc) is 3.61. The summed E-state index contributed by atoms with van der Waals surface area (Å²) < 4.78 is 15.1. The number of rotatable bonds is 7. The van der Waals surface area contributed by atoms with Crippen LogP contribution in [0.4, 0.5) is 4.79 Å². The lowest BCUT2D eigenvalue weighted by atomic mass is 10.0. The molecule has 0 saturated heterocycles. The van der Waals surface area contributed by atoms with Crippen LogP contribution in [-0.4, -0.2) is 39.5 Å². The van der Waals surface area contributed by atoms with E-state index in [1.54, 1.807) is 14.2 Å². The van der Waals surface area contributed by atoms with Gasteiger partial charge in [0.05, 0.1) is 43.9 Å². The van der Waals surface area contributed by atoms with Crippen molar-refractivity contribution in [2.75, 3.05) is 14.2 Å². The highest BCUT2D eigenvalue weighted by molar-refractivity contribution is 5.76. The Kier molecular flexibility index (Phi) is 7.20. The van der Waals surface area contributed by atoms with Crippen LogP contribution in [0.1, 0.15) is 41.0 Å². The normalized spacial score (nSPS) is 14.1. The van der Waals surface area contributed by atoms with Crippen molar-refractivity contribution >= 4 is 6.03 Å². The van der Waals surface area contributed by atoms with E-state index in [1.807, 2.05) is 82.4 Å². The molecule has 1 N–H and O–H groups in total. The van der Waals surface area contributed by atoms with Crippen molar-refractivity contribution in [3.8, 4) is 23.0 Å². The maximum absolute atomic E-state index is 14.2. The number of fused-ring (bicyclic) bond motifs is 3. The minimum atomic E-state index is -0.369. The number of carbonyl (C=O) groups is 1. The summed E-state index contributed by atoms with van der Waals surface area (Å²) in [5.41, 5.74) is 5.84. The van der Waals surface area contributed by atoms with Crippen molar-refractivity contribution < 1.29 is 14.3 Å². The van der Waals surface area contributed by atoms with Crippen LogP contribution in [0.25, 0.3) is 11.5 Å². The number of nitrogens with zero attached hydrogens (tertiary/aromatic N) is 4. The second kappa shape index (κ2) is 11.3. The molecule has 41 heavy (non-hydrogen) atoms. The molecule has 8 nitrogen and oxygen atoms in total. The minimum absolute atomic E-state index is 0.171. The summed E-state index contributed by atoms with van der Waals surface area (Å²) in [4.78, 5) is 16.1.